The van der Waals surface area contributed by atoms with E-state index in [4.69, 9.17) is 10.5 Å². The van der Waals surface area contributed by atoms with Gasteiger partial charge in [0.15, 0.2) is 0 Å². The standard InChI is InChI=1S/C16H13FN2O/c17-13-7-11-3-2-6-19-16(11)12(8-13)10-20-15-5-1-4-14(18)9-15/h1-9H,10,18H2. The van der Waals surface area contributed by atoms with E-state index in [-0.39, 0.29) is 12.4 Å². The van der Waals surface area contributed by atoms with Crippen molar-refractivity contribution < 1.29 is 9.13 Å². The fourth-order valence-corrected chi connectivity index (χ4v) is 2.10. The van der Waals surface area contributed by atoms with E-state index in [0.717, 1.165) is 10.9 Å². The summed E-state index contributed by atoms with van der Waals surface area (Å²) in [7, 11) is 0. The van der Waals surface area contributed by atoms with E-state index in [9.17, 15) is 4.39 Å². The average molecular weight is 268 g/mol. The highest BCUT2D eigenvalue weighted by Gasteiger charge is 2.06. The molecule has 2 aromatic carbocycles. The molecule has 100 valence electrons. The van der Waals surface area contributed by atoms with Crippen LogP contribution in [0.1, 0.15) is 5.56 Å². The first-order valence-corrected chi connectivity index (χ1v) is 6.24. The molecule has 1 heterocycles. The Morgan fingerprint density at radius 2 is 2.00 bits per heavy atom. The predicted molar refractivity (Wildman–Crippen MR) is 76.9 cm³/mol. The normalized spacial score (nSPS) is 10.7. The lowest BCUT2D eigenvalue weighted by atomic mass is 10.1. The van der Waals surface area contributed by atoms with Crippen LogP contribution in [0.15, 0.2) is 54.7 Å². The average Bonchev–Trinajstić information content (AvgIpc) is 2.44. The summed E-state index contributed by atoms with van der Waals surface area (Å²) in [6.45, 7) is 0.245. The van der Waals surface area contributed by atoms with Crippen molar-refractivity contribution in [3.8, 4) is 5.75 Å². The lowest BCUT2D eigenvalue weighted by molar-refractivity contribution is 0.307. The van der Waals surface area contributed by atoms with Crippen molar-refractivity contribution in [3.05, 3.63) is 66.1 Å². The Balaban J connectivity index is 1.91. The van der Waals surface area contributed by atoms with Crippen LogP contribution >= 0.6 is 0 Å². The Morgan fingerprint density at radius 1 is 1.10 bits per heavy atom. The molecule has 3 nitrogen and oxygen atoms in total. The summed E-state index contributed by atoms with van der Waals surface area (Å²) < 4.78 is 19.2. The van der Waals surface area contributed by atoms with Crippen LogP contribution in [0, 0.1) is 5.82 Å². The van der Waals surface area contributed by atoms with Crippen molar-refractivity contribution >= 4 is 16.6 Å². The molecule has 0 radical (unpaired) electrons. The molecule has 1 aromatic heterocycles. The van der Waals surface area contributed by atoms with Crippen LogP contribution in [0.25, 0.3) is 10.9 Å². The van der Waals surface area contributed by atoms with Crippen molar-refractivity contribution in [3.63, 3.8) is 0 Å². The molecule has 0 amide bonds. The molecule has 0 aliphatic carbocycles. The molecule has 2 N–H and O–H groups in total. The van der Waals surface area contributed by atoms with E-state index in [1.54, 1.807) is 24.4 Å². The monoisotopic (exact) mass is 268 g/mol. The Hall–Kier alpha value is -2.62. The van der Waals surface area contributed by atoms with E-state index >= 15 is 0 Å². The third-order valence-corrected chi connectivity index (χ3v) is 3.00. The molecule has 0 aliphatic rings. The zero-order valence-electron chi connectivity index (χ0n) is 10.7. The number of nitrogen functional groups attached to an aromatic ring is 1. The van der Waals surface area contributed by atoms with Gasteiger partial charge in [-0.2, -0.15) is 0 Å². The van der Waals surface area contributed by atoms with Gasteiger partial charge in [0.05, 0.1) is 5.52 Å². The second-order valence-electron chi connectivity index (χ2n) is 4.50. The summed E-state index contributed by atoms with van der Waals surface area (Å²) in [4.78, 5) is 4.28. The minimum atomic E-state index is -0.295. The van der Waals surface area contributed by atoms with Gasteiger partial charge in [-0.25, -0.2) is 4.39 Å². The minimum Gasteiger partial charge on any atom is -0.489 e. The maximum Gasteiger partial charge on any atom is 0.124 e. The van der Waals surface area contributed by atoms with Crippen molar-refractivity contribution in [2.75, 3.05) is 5.73 Å². The van der Waals surface area contributed by atoms with Crippen LogP contribution in [0.2, 0.25) is 0 Å². The highest BCUT2D eigenvalue weighted by Crippen LogP contribution is 2.21. The number of hydrogen-bond donors (Lipinski definition) is 1. The van der Waals surface area contributed by atoms with E-state index in [0.29, 0.717) is 17.0 Å². The molecule has 0 saturated heterocycles. The predicted octanol–water partition coefficient (Wildman–Crippen LogP) is 3.54. The molecule has 3 aromatic rings. The van der Waals surface area contributed by atoms with E-state index in [2.05, 4.69) is 4.98 Å². The van der Waals surface area contributed by atoms with Crippen LogP contribution in [0.3, 0.4) is 0 Å². The molecule has 0 spiro atoms. The summed E-state index contributed by atoms with van der Waals surface area (Å²) >= 11 is 0. The molecule has 20 heavy (non-hydrogen) atoms. The van der Waals surface area contributed by atoms with Gasteiger partial charge < -0.3 is 10.5 Å². The largest absolute Gasteiger partial charge is 0.489 e. The molecular formula is C16H13FN2O. The first-order valence-electron chi connectivity index (χ1n) is 6.24. The zero-order valence-corrected chi connectivity index (χ0v) is 10.7. The lowest BCUT2D eigenvalue weighted by Crippen LogP contribution is -1.99. The van der Waals surface area contributed by atoms with Crippen molar-refractivity contribution in [1.29, 1.82) is 0 Å². The Morgan fingerprint density at radius 3 is 2.85 bits per heavy atom. The third-order valence-electron chi connectivity index (χ3n) is 3.00. The SMILES string of the molecule is Nc1cccc(OCc2cc(F)cc3cccnc23)c1. The van der Waals surface area contributed by atoms with Gasteiger partial charge in [-0.1, -0.05) is 12.1 Å². The minimum absolute atomic E-state index is 0.245. The van der Waals surface area contributed by atoms with Crippen LogP contribution in [-0.4, -0.2) is 4.98 Å². The first-order chi connectivity index (χ1) is 9.72. The summed E-state index contributed by atoms with van der Waals surface area (Å²) in [6.07, 6.45) is 1.68. The number of nitrogens with two attached hydrogens (primary N) is 1. The highest BCUT2D eigenvalue weighted by molar-refractivity contribution is 5.81. The van der Waals surface area contributed by atoms with Gasteiger partial charge in [-0.3, -0.25) is 4.98 Å². The quantitative estimate of drug-likeness (QED) is 0.739. The number of anilines is 1. The number of benzene rings is 2. The Labute approximate surface area is 115 Å². The topological polar surface area (TPSA) is 48.1 Å². The molecule has 0 bridgehead atoms. The van der Waals surface area contributed by atoms with Gasteiger partial charge in [0.2, 0.25) is 0 Å². The number of ether oxygens (including phenoxy) is 1. The zero-order chi connectivity index (χ0) is 13.9. The third kappa shape index (κ3) is 2.54. The Kier molecular flexibility index (Phi) is 3.21. The molecule has 0 atom stereocenters. The maximum atomic E-state index is 13.6. The van der Waals surface area contributed by atoms with Gasteiger partial charge in [0.1, 0.15) is 18.2 Å². The fourth-order valence-electron chi connectivity index (χ4n) is 2.10. The van der Waals surface area contributed by atoms with Gasteiger partial charge in [-0.15, -0.1) is 0 Å². The van der Waals surface area contributed by atoms with Crippen molar-refractivity contribution in [1.82, 2.24) is 4.98 Å². The summed E-state index contributed by atoms with van der Waals surface area (Å²) in [5.41, 5.74) is 7.78. The maximum absolute atomic E-state index is 13.6. The summed E-state index contributed by atoms with van der Waals surface area (Å²) in [6, 6.07) is 13.7. The van der Waals surface area contributed by atoms with Crippen molar-refractivity contribution in [2.45, 2.75) is 6.61 Å². The van der Waals surface area contributed by atoms with E-state index < -0.39 is 0 Å². The van der Waals surface area contributed by atoms with E-state index in [1.165, 1.54) is 12.1 Å². The molecule has 0 aliphatic heterocycles. The van der Waals surface area contributed by atoms with Crippen LogP contribution in [-0.2, 0) is 6.61 Å². The summed E-state index contributed by atoms with van der Waals surface area (Å²) in [5, 5.41) is 0.763. The number of nitrogens with zero attached hydrogens (tertiary/aromatic N) is 1. The summed E-state index contributed by atoms with van der Waals surface area (Å²) in [5.74, 6) is 0.356. The van der Waals surface area contributed by atoms with Gasteiger partial charge in [-0.05, 0) is 30.3 Å². The Bertz CT molecular complexity index is 758. The molecule has 0 saturated carbocycles. The fraction of sp³-hybridized carbons (Fsp3) is 0.0625. The van der Waals surface area contributed by atoms with Crippen LogP contribution in [0.4, 0.5) is 10.1 Å². The molecule has 0 fully saturated rings. The number of hydrogen-bond acceptors (Lipinski definition) is 3. The number of rotatable bonds is 3. The molecule has 0 unspecified atom stereocenters. The molecule has 4 heteroatoms. The van der Waals surface area contributed by atoms with Crippen LogP contribution < -0.4 is 10.5 Å². The lowest BCUT2D eigenvalue weighted by Gasteiger charge is -2.09. The van der Waals surface area contributed by atoms with Gasteiger partial charge in [0, 0.05) is 28.9 Å². The number of halogens is 1. The van der Waals surface area contributed by atoms with E-state index in [1.807, 2.05) is 18.2 Å². The number of fused-ring (bicyclic) bond motifs is 1. The highest BCUT2D eigenvalue weighted by atomic mass is 19.1. The molecule has 3 rings (SSSR count). The van der Waals surface area contributed by atoms with Gasteiger partial charge in [0.25, 0.3) is 0 Å². The smallest absolute Gasteiger partial charge is 0.124 e. The second kappa shape index (κ2) is 5.17. The first kappa shape index (κ1) is 12.4. The molecular weight excluding hydrogens is 255 g/mol. The number of aromatic nitrogens is 1. The van der Waals surface area contributed by atoms with Crippen molar-refractivity contribution in [2.24, 2.45) is 0 Å². The number of pyridine rings is 1. The van der Waals surface area contributed by atoms with Gasteiger partial charge >= 0.3 is 0 Å². The second-order valence-corrected chi connectivity index (χ2v) is 4.50. The van der Waals surface area contributed by atoms with Crippen LogP contribution in [0.5, 0.6) is 5.75 Å².